The van der Waals surface area contributed by atoms with Crippen molar-refractivity contribution >= 4 is 22.9 Å². The zero-order valence-electron chi connectivity index (χ0n) is 7.77. The predicted octanol–water partition coefficient (Wildman–Crippen LogP) is 3.43. The zero-order chi connectivity index (χ0) is 9.31. The van der Waals surface area contributed by atoms with E-state index in [0.29, 0.717) is 5.54 Å². The van der Waals surface area contributed by atoms with E-state index in [1.807, 2.05) is 11.4 Å². The molecule has 0 radical (unpaired) electrons. The lowest BCUT2D eigenvalue weighted by Crippen LogP contribution is -2.47. The van der Waals surface area contributed by atoms with Gasteiger partial charge < -0.3 is 5.32 Å². The fraction of sp³-hybridized carbons (Fsp3) is 0.600. The molecule has 2 rings (SSSR count). The second-order valence-corrected chi connectivity index (χ2v) is 5.43. The standard InChI is InChI=1S/C10H14ClNS/c1-10(3-2-4-10)12-6-9-5-8(11)7-13-9/h5,7,12H,2-4,6H2,1H3. The highest BCUT2D eigenvalue weighted by Crippen LogP contribution is 2.31. The van der Waals surface area contributed by atoms with Crippen LogP contribution in [0.2, 0.25) is 5.02 Å². The molecule has 0 unspecified atom stereocenters. The van der Waals surface area contributed by atoms with Crippen molar-refractivity contribution in [1.82, 2.24) is 5.32 Å². The molecule has 1 aromatic heterocycles. The van der Waals surface area contributed by atoms with Gasteiger partial charge in [0.1, 0.15) is 0 Å². The minimum Gasteiger partial charge on any atom is -0.307 e. The van der Waals surface area contributed by atoms with Crippen molar-refractivity contribution in [3.63, 3.8) is 0 Å². The topological polar surface area (TPSA) is 12.0 Å². The van der Waals surface area contributed by atoms with Crippen molar-refractivity contribution in [1.29, 1.82) is 0 Å². The molecule has 1 heterocycles. The molecule has 1 aliphatic carbocycles. The minimum atomic E-state index is 0.399. The third-order valence-corrected chi connectivity index (χ3v) is 4.05. The van der Waals surface area contributed by atoms with E-state index in [2.05, 4.69) is 12.2 Å². The Morgan fingerprint density at radius 1 is 1.62 bits per heavy atom. The van der Waals surface area contributed by atoms with Gasteiger partial charge in [-0.1, -0.05) is 11.6 Å². The second kappa shape index (κ2) is 3.60. The average Bonchev–Trinajstić information content (AvgIpc) is 2.44. The molecule has 1 N–H and O–H groups in total. The summed E-state index contributed by atoms with van der Waals surface area (Å²) in [5.41, 5.74) is 0.399. The first-order chi connectivity index (χ1) is 6.18. The first kappa shape index (κ1) is 9.50. The van der Waals surface area contributed by atoms with Gasteiger partial charge in [-0.15, -0.1) is 11.3 Å². The summed E-state index contributed by atoms with van der Waals surface area (Å²) in [4.78, 5) is 1.33. The molecule has 13 heavy (non-hydrogen) atoms. The smallest absolute Gasteiger partial charge is 0.0516 e. The van der Waals surface area contributed by atoms with E-state index in [1.54, 1.807) is 11.3 Å². The second-order valence-electron chi connectivity index (χ2n) is 4.00. The molecule has 1 saturated carbocycles. The fourth-order valence-corrected chi connectivity index (χ4v) is 2.64. The van der Waals surface area contributed by atoms with Gasteiger partial charge in [0.15, 0.2) is 0 Å². The number of hydrogen-bond donors (Lipinski definition) is 1. The summed E-state index contributed by atoms with van der Waals surface area (Å²) in [6.45, 7) is 3.26. The Hall–Kier alpha value is -0.0500. The predicted molar refractivity (Wildman–Crippen MR) is 58.4 cm³/mol. The van der Waals surface area contributed by atoms with Crippen molar-refractivity contribution in [3.8, 4) is 0 Å². The monoisotopic (exact) mass is 215 g/mol. The summed E-state index contributed by atoms with van der Waals surface area (Å²) < 4.78 is 0. The quantitative estimate of drug-likeness (QED) is 0.815. The highest BCUT2D eigenvalue weighted by molar-refractivity contribution is 7.10. The molecule has 0 spiro atoms. The van der Waals surface area contributed by atoms with E-state index < -0.39 is 0 Å². The van der Waals surface area contributed by atoms with Gasteiger partial charge in [0.25, 0.3) is 0 Å². The van der Waals surface area contributed by atoms with Crippen LogP contribution in [0, 0.1) is 0 Å². The molecule has 1 nitrogen and oxygen atoms in total. The van der Waals surface area contributed by atoms with Gasteiger partial charge in [0.2, 0.25) is 0 Å². The number of hydrogen-bond acceptors (Lipinski definition) is 2. The van der Waals surface area contributed by atoms with Crippen LogP contribution in [-0.2, 0) is 6.54 Å². The van der Waals surface area contributed by atoms with Crippen LogP contribution in [0.25, 0.3) is 0 Å². The molecule has 0 aliphatic heterocycles. The van der Waals surface area contributed by atoms with E-state index in [0.717, 1.165) is 11.6 Å². The highest BCUT2D eigenvalue weighted by Gasteiger charge is 2.30. The van der Waals surface area contributed by atoms with Crippen LogP contribution < -0.4 is 5.32 Å². The zero-order valence-corrected chi connectivity index (χ0v) is 9.34. The van der Waals surface area contributed by atoms with E-state index in [-0.39, 0.29) is 0 Å². The lowest BCUT2D eigenvalue weighted by Gasteiger charge is -2.39. The van der Waals surface area contributed by atoms with E-state index in [4.69, 9.17) is 11.6 Å². The number of nitrogens with one attached hydrogen (secondary N) is 1. The molecule has 0 saturated heterocycles. The van der Waals surface area contributed by atoms with E-state index >= 15 is 0 Å². The molecule has 1 aliphatic rings. The number of rotatable bonds is 3. The Morgan fingerprint density at radius 3 is 2.85 bits per heavy atom. The van der Waals surface area contributed by atoms with Crippen LogP contribution in [0.3, 0.4) is 0 Å². The Kier molecular flexibility index (Phi) is 2.63. The number of thiophene rings is 1. The average molecular weight is 216 g/mol. The number of halogens is 1. The van der Waals surface area contributed by atoms with Crippen LogP contribution in [-0.4, -0.2) is 5.54 Å². The largest absolute Gasteiger partial charge is 0.307 e. The van der Waals surface area contributed by atoms with Crippen molar-refractivity contribution < 1.29 is 0 Å². The van der Waals surface area contributed by atoms with Crippen LogP contribution in [0.5, 0.6) is 0 Å². The van der Waals surface area contributed by atoms with Crippen molar-refractivity contribution in [2.45, 2.75) is 38.3 Å². The Bertz CT molecular complexity index is 291. The van der Waals surface area contributed by atoms with Crippen LogP contribution in [0.15, 0.2) is 11.4 Å². The molecule has 0 aromatic carbocycles. The van der Waals surface area contributed by atoms with Crippen molar-refractivity contribution in [2.24, 2.45) is 0 Å². The van der Waals surface area contributed by atoms with Crippen molar-refractivity contribution in [2.75, 3.05) is 0 Å². The molecule has 72 valence electrons. The maximum absolute atomic E-state index is 5.84. The third kappa shape index (κ3) is 2.25. The molecule has 0 bridgehead atoms. The molecular formula is C10H14ClNS. The summed E-state index contributed by atoms with van der Waals surface area (Å²) in [6.07, 6.45) is 3.99. The summed E-state index contributed by atoms with van der Waals surface area (Å²) in [6, 6.07) is 2.04. The van der Waals surface area contributed by atoms with Crippen LogP contribution in [0.4, 0.5) is 0 Å². The molecule has 0 amide bonds. The van der Waals surface area contributed by atoms with Crippen LogP contribution in [0.1, 0.15) is 31.1 Å². The molecular weight excluding hydrogens is 202 g/mol. The summed E-state index contributed by atoms with van der Waals surface area (Å²) in [7, 11) is 0. The van der Waals surface area contributed by atoms with Gasteiger partial charge in [0.05, 0.1) is 5.02 Å². The maximum atomic E-state index is 5.84. The van der Waals surface area contributed by atoms with Crippen LogP contribution >= 0.6 is 22.9 Å². The van der Waals surface area contributed by atoms with E-state index in [1.165, 1.54) is 24.1 Å². The van der Waals surface area contributed by atoms with Crippen molar-refractivity contribution in [3.05, 3.63) is 21.3 Å². The lowest BCUT2D eigenvalue weighted by atomic mass is 9.78. The Labute approximate surface area is 88.1 Å². The first-order valence-corrected chi connectivity index (χ1v) is 5.92. The Morgan fingerprint density at radius 2 is 2.38 bits per heavy atom. The van der Waals surface area contributed by atoms with Gasteiger partial charge in [-0.05, 0) is 32.3 Å². The molecule has 0 atom stereocenters. The third-order valence-electron chi connectivity index (χ3n) is 2.77. The summed E-state index contributed by atoms with van der Waals surface area (Å²) in [5.74, 6) is 0. The van der Waals surface area contributed by atoms with E-state index in [9.17, 15) is 0 Å². The van der Waals surface area contributed by atoms with Gasteiger partial charge >= 0.3 is 0 Å². The lowest BCUT2D eigenvalue weighted by molar-refractivity contribution is 0.207. The van der Waals surface area contributed by atoms with Gasteiger partial charge in [-0.2, -0.15) is 0 Å². The van der Waals surface area contributed by atoms with Gasteiger partial charge in [-0.25, -0.2) is 0 Å². The Balaban J connectivity index is 1.85. The fourth-order valence-electron chi connectivity index (χ4n) is 1.63. The van der Waals surface area contributed by atoms with Gasteiger partial charge in [0, 0.05) is 22.3 Å². The minimum absolute atomic E-state index is 0.399. The normalized spacial score (nSPS) is 19.8. The molecule has 1 fully saturated rings. The first-order valence-electron chi connectivity index (χ1n) is 4.66. The molecule has 3 heteroatoms. The highest BCUT2D eigenvalue weighted by atomic mass is 35.5. The summed E-state index contributed by atoms with van der Waals surface area (Å²) >= 11 is 7.57. The van der Waals surface area contributed by atoms with Gasteiger partial charge in [-0.3, -0.25) is 0 Å². The summed E-state index contributed by atoms with van der Waals surface area (Å²) in [5, 5.41) is 6.43. The molecule has 1 aromatic rings. The SMILES string of the molecule is CC1(NCc2cc(Cl)cs2)CCC1. The maximum Gasteiger partial charge on any atom is 0.0516 e.